The molecule has 1 fully saturated rings. The van der Waals surface area contributed by atoms with Gasteiger partial charge in [-0.2, -0.15) is 5.10 Å². The topological polar surface area (TPSA) is 67.2 Å². The van der Waals surface area contributed by atoms with E-state index in [0.29, 0.717) is 16.4 Å². The molecule has 2 aliphatic rings. The van der Waals surface area contributed by atoms with Crippen molar-refractivity contribution in [3.05, 3.63) is 46.2 Å². The zero-order chi connectivity index (χ0) is 24.7. The lowest BCUT2D eigenvalue weighted by Crippen LogP contribution is -2.65. The Morgan fingerprint density at radius 3 is 2.44 bits per heavy atom. The summed E-state index contributed by atoms with van der Waals surface area (Å²) in [7, 11) is 0. The standard InChI is InChI=1S/C27H37ClN4O2/c1-18-20(28)14-11-15-21(18)32-24(33)22-16-23(26(2,3)4)30-31(22)17-27(32,5)25(34)29-19-12-9-7-6-8-10-13-19/h11,14-16,19H,6-10,12-13,17H2,1-5H3,(H,29,34). The number of carbonyl (C=O) groups is 2. The minimum Gasteiger partial charge on any atom is -0.351 e. The first-order chi connectivity index (χ1) is 16.0. The number of carbonyl (C=O) groups excluding carboxylic acids is 2. The molecular formula is C27H37ClN4O2. The van der Waals surface area contributed by atoms with E-state index in [1.54, 1.807) is 9.58 Å². The Morgan fingerprint density at radius 2 is 1.79 bits per heavy atom. The maximum absolute atomic E-state index is 14.0. The number of fused-ring (bicyclic) bond motifs is 1. The normalized spacial score (nSPS) is 22.2. The quantitative estimate of drug-likeness (QED) is 0.599. The summed E-state index contributed by atoms with van der Waals surface area (Å²) in [5, 5.41) is 8.64. The minimum absolute atomic E-state index is 0.131. The number of hydrogen-bond donors (Lipinski definition) is 1. The second-order valence-corrected chi connectivity index (χ2v) is 11.5. The van der Waals surface area contributed by atoms with Crippen molar-refractivity contribution in [2.24, 2.45) is 0 Å². The molecule has 1 atom stereocenters. The molecular weight excluding hydrogens is 448 g/mol. The number of nitrogens with zero attached hydrogens (tertiary/aromatic N) is 3. The van der Waals surface area contributed by atoms with Crippen molar-refractivity contribution in [3.8, 4) is 0 Å². The molecule has 1 unspecified atom stereocenters. The third kappa shape index (κ3) is 4.61. The Hall–Kier alpha value is -2.34. The molecule has 1 aliphatic heterocycles. The molecule has 1 aromatic carbocycles. The van der Waals surface area contributed by atoms with Crippen LogP contribution in [0.5, 0.6) is 0 Å². The maximum Gasteiger partial charge on any atom is 0.277 e. The van der Waals surface area contributed by atoms with E-state index in [2.05, 4.69) is 26.1 Å². The van der Waals surface area contributed by atoms with E-state index in [-0.39, 0.29) is 29.8 Å². The van der Waals surface area contributed by atoms with Crippen LogP contribution in [0.15, 0.2) is 24.3 Å². The number of rotatable bonds is 3. The Bertz CT molecular complexity index is 1080. The van der Waals surface area contributed by atoms with Crippen molar-refractivity contribution in [2.75, 3.05) is 4.90 Å². The first-order valence-corrected chi connectivity index (χ1v) is 12.9. The van der Waals surface area contributed by atoms with Crippen LogP contribution in [0, 0.1) is 6.92 Å². The number of aromatic nitrogens is 2. The van der Waals surface area contributed by atoms with Crippen LogP contribution in [0.3, 0.4) is 0 Å². The van der Waals surface area contributed by atoms with Crippen molar-refractivity contribution >= 4 is 29.1 Å². The van der Waals surface area contributed by atoms with Gasteiger partial charge in [-0.3, -0.25) is 19.2 Å². The van der Waals surface area contributed by atoms with Gasteiger partial charge in [0.2, 0.25) is 5.91 Å². The summed E-state index contributed by atoms with van der Waals surface area (Å²) < 4.78 is 1.72. The third-order valence-electron chi connectivity index (χ3n) is 7.33. The fourth-order valence-electron chi connectivity index (χ4n) is 5.11. The summed E-state index contributed by atoms with van der Waals surface area (Å²) in [6.07, 6.45) is 7.89. The molecule has 0 bridgehead atoms. The van der Waals surface area contributed by atoms with E-state index >= 15 is 0 Å². The van der Waals surface area contributed by atoms with E-state index < -0.39 is 5.54 Å². The van der Waals surface area contributed by atoms with Crippen LogP contribution in [0.4, 0.5) is 5.69 Å². The summed E-state index contributed by atoms with van der Waals surface area (Å²) in [5.41, 5.74) is 1.44. The molecule has 6 nitrogen and oxygen atoms in total. The van der Waals surface area contributed by atoms with E-state index in [0.717, 1.165) is 36.9 Å². The predicted molar refractivity (Wildman–Crippen MR) is 137 cm³/mol. The summed E-state index contributed by atoms with van der Waals surface area (Å²) in [5.74, 6) is -0.362. The van der Waals surface area contributed by atoms with Gasteiger partial charge in [-0.25, -0.2) is 0 Å². The van der Waals surface area contributed by atoms with E-state index in [1.807, 2.05) is 38.1 Å². The van der Waals surface area contributed by atoms with Crippen molar-refractivity contribution in [1.29, 1.82) is 0 Å². The number of anilines is 1. The van der Waals surface area contributed by atoms with Crippen LogP contribution in [0.25, 0.3) is 0 Å². The van der Waals surface area contributed by atoms with Crippen LogP contribution in [0.2, 0.25) is 5.02 Å². The van der Waals surface area contributed by atoms with Crippen LogP contribution < -0.4 is 10.2 Å². The number of amides is 2. The molecule has 1 aliphatic carbocycles. The van der Waals surface area contributed by atoms with Crippen LogP contribution in [-0.4, -0.2) is 33.2 Å². The second-order valence-electron chi connectivity index (χ2n) is 11.1. The number of hydrogen-bond acceptors (Lipinski definition) is 3. The highest BCUT2D eigenvalue weighted by Gasteiger charge is 2.50. The summed E-state index contributed by atoms with van der Waals surface area (Å²) in [6, 6.07) is 7.50. The highest BCUT2D eigenvalue weighted by Crippen LogP contribution is 2.38. The molecule has 34 heavy (non-hydrogen) atoms. The van der Waals surface area contributed by atoms with Crippen molar-refractivity contribution in [2.45, 2.75) is 103 Å². The highest BCUT2D eigenvalue weighted by atomic mass is 35.5. The van der Waals surface area contributed by atoms with Gasteiger partial charge in [0.15, 0.2) is 0 Å². The Balaban J connectivity index is 1.77. The van der Waals surface area contributed by atoms with E-state index in [9.17, 15) is 9.59 Å². The monoisotopic (exact) mass is 484 g/mol. The Labute approximate surface area is 208 Å². The Morgan fingerprint density at radius 1 is 1.15 bits per heavy atom. The number of nitrogens with one attached hydrogen (secondary N) is 1. The average molecular weight is 485 g/mol. The van der Waals surface area contributed by atoms with Gasteiger partial charge in [0, 0.05) is 22.2 Å². The highest BCUT2D eigenvalue weighted by molar-refractivity contribution is 6.32. The summed E-state index contributed by atoms with van der Waals surface area (Å²) >= 11 is 6.45. The van der Waals surface area contributed by atoms with E-state index in [4.69, 9.17) is 16.7 Å². The van der Waals surface area contributed by atoms with Gasteiger partial charge < -0.3 is 5.32 Å². The molecule has 184 valence electrons. The molecule has 0 spiro atoms. The van der Waals surface area contributed by atoms with Gasteiger partial charge in [-0.15, -0.1) is 0 Å². The summed E-state index contributed by atoms with van der Waals surface area (Å²) in [6.45, 7) is 10.3. The predicted octanol–water partition coefficient (Wildman–Crippen LogP) is 5.79. The van der Waals surface area contributed by atoms with Gasteiger partial charge in [0.1, 0.15) is 11.2 Å². The molecule has 1 saturated carbocycles. The first-order valence-electron chi connectivity index (χ1n) is 12.5. The zero-order valence-electron chi connectivity index (χ0n) is 21.1. The SMILES string of the molecule is Cc1c(Cl)cccc1N1C(=O)c2cc(C(C)(C)C)nn2CC1(C)C(=O)NC1CCCCCCC1. The van der Waals surface area contributed by atoms with Crippen molar-refractivity contribution in [3.63, 3.8) is 0 Å². The zero-order valence-corrected chi connectivity index (χ0v) is 21.8. The minimum atomic E-state index is -1.14. The molecule has 2 aromatic rings. The van der Waals surface area contributed by atoms with Gasteiger partial charge >= 0.3 is 0 Å². The van der Waals surface area contributed by atoms with Crippen LogP contribution >= 0.6 is 11.6 Å². The van der Waals surface area contributed by atoms with Gasteiger partial charge in [-0.1, -0.05) is 70.5 Å². The van der Waals surface area contributed by atoms with Crippen molar-refractivity contribution in [1.82, 2.24) is 15.1 Å². The molecule has 7 heteroatoms. The third-order valence-corrected chi connectivity index (χ3v) is 7.74. The van der Waals surface area contributed by atoms with Gasteiger partial charge in [-0.05, 0) is 50.5 Å². The summed E-state index contributed by atoms with van der Waals surface area (Å²) in [4.78, 5) is 29.6. The molecule has 2 heterocycles. The molecule has 0 radical (unpaired) electrons. The molecule has 2 amide bonds. The first kappa shape index (κ1) is 24.8. The second kappa shape index (κ2) is 9.37. The lowest BCUT2D eigenvalue weighted by atomic mass is 9.90. The molecule has 4 rings (SSSR count). The van der Waals surface area contributed by atoms with E-state index in [1.165, 1.54) is 19.3 Å². The maximum atomic E-state index is 14.0. The number of halogens is 1. The lowest BCUT2D eigenvalue weighted by molar-refractivity contribution is -0.127. The van der Waals surface area contributed by atoms with Gasteiger partial charge in [0.05, 0.1) is 12.2 Å². The fraction of sp³-hybridized carbons (Fsp3) is 0.593. The largest absolute Gasteiger partial charge is 0.351 e. The Kier molecular flexibility index (Phi) is 6.83. The van der Waals surface area contributed by atoms with Crippen LogP contribution in [0.1, 0.15) is 94.4 Å². The number of benzene rings is 1. The average Bonchev–Trinajstić information content (AvgIpc) is 3.17. The van der Waals surface area contributed by atoms with Crippen molar-refractivity contribution < 1.29 is 9.59 Å². The molecule has 1 aromatic heterocycles. The van der Waals surface area contributed by atoms with Gasteiger partial charge in [0.25, 0.3) is 5.91 Å². The smallest absolute Gasteiger partial charge is 0.277 e. The lowest BCUT2D eigenvalue weighted by Gasteiger charge is -2.44. The fourth-order valence-corrected chi connectivity index (χ4v) is 5.27. The molecule has 0 saturated heterocycles. The molecule has 1 N–H and O–H groups in total. The van der Waals surface area contributed by atoms with Crippen LogP contribution in [-0.2, 0) is 16.8 Å².